The fourth-order valence-corrected chi connectivity index (χ4v) is 2.30. The highest BCUT2D eigenvalue weighted by Crippen LogP contribution is 2.16. The predicted molar refractivity (Wildman–Crippen MR) is 87.7 cm³/mol. The second-order valence-electron chi connectivity index (χ2n) is 5.16. The number of amides is 1. The van der Waals surface area contributed by atoms with E-state index >= 15 is 0 Å². The molecule has 0 spiro atoms. The van der Waals surface area contributed by atoms with Crippen molar-refractivity contribution < 1.29 is 4.79 Å². The smallest absolute Gasteiger partial charge is 0.236 e. The Morgan fingerprint density at radius 3 is 2.45 bits per heavy atom. The minimum absolute atomic E-state index is 0.0741. The Morgan fingerprint density at radius 1 is 1.20 bits per heavy atom. The van der Waals surface area contributed by atoms with Crippen LogP contribution >= 0.6 is 15.9 Å². The Hall–Kier alpha value is -0.870. The first-order valence-electron chi connectivity index (χ1n) is 7.33. The third kappa shape index (κ3) is 6.06. The number of hydrogen-bond acceptors (Lipinski definition) is 2. The summed E-state index contributed by atoms with van der Waals surface area (Å²) < 4.78 is 1.06. The van der Waals surface area contributed by atoms with Crippen LogP contribution in [0, 0.1) is 0 Å². The van der Waals surface area contributed by atoms with E-state index in [9.17, 15) is 4.79 Å². The van der Waals surface area contributed by atoms with E-state index in [1.165, 1.54) is 12.0 Å². The molecule has 0 aliphatic carbocycles. The summed E-state index contributed by atoms with van der Waals surface area (Å²) in [4.78, 5) is 11.9. The molecular formula is C16H25BrN2O. The lowest BCUT2D eigenvalue weighted by Gasteiger charge is -2.20. The van der Waals surface area contributed by atoms with Crippen molar-refractivity contribution in [1.29, 1.82) is 0 Å². The van der Waals surface area contributed by atoms with E-state index in [4.69, 9.17) is 0 Å². The van der Waals surface area contributed by atoms with Crippen molar-refractivity contribution in [3.63, 3.8) is 0 Å². The SMILES string of the molecule is CCCCCNC(=O)C(C)N[C@H](C)c1ccc(Br)cc1. The van der Waals surface area contributed by atoms with Crippen molar-refractivity contribution in [2.45, 2.75) is 52.1 Å². The van der Waals surface area contributed by atoms with Crippen molar-refractivity contribution in [2.24, 2.45) is 0 Å². The summed E-state index contributed by atoms with van der Waals surface area (Å²) in [6.45, 7) is 6.91. The average molecular weight is 341 g/mol. The molecule has 112 valence electrons. The number of benzene rings is 1. The maximum atomic E-state index is 11.9. The third-order valence-corrected chi connectivity index (χ3v) is 3.87. The summed E-state index contributed by atoms with van der Waals surface area (Å²) in [6, 6.07) is 8.13. The molecular weight excluding hydrogens is 316 g/mol. The van der Waals surface area contributed by atoms with Gasteiger partial charge in [0.15, 0.2) is 0 Å². The maximum absolute atomic E-state index is 11.9. The normalized spacial score (nSPS) is 13.8. The molecule has 0 bridgehead atoms. The molecule has 20 heavy (non-hydrogen) atoms. The second kappa shape index (κ2) is 9.14. The molecule has 1 aromatic rings. The molecule has 0 aromatic heterocycles. The van der Waals surface area contributed by atoms with Crippen LogP contribution in [0.25, 0.3) is 0 Å². The highest BCUT2D eigenvalue weighted by Gasteiger charge is 2.15. The fourth-order valence-electron chi connectivity index (χ4n) is 2.04. The first-order valence-corrected chi connectivity index (χ1v) is 8.13. The summed E-state index contributed by atoms with van der Waals surface area (Å²) in [6.07, 6.45) is 3.39. The molecule has 0 radical (unpaired) electrons. The van der Waals surface area contributed by atoms with E-state index < -0.39 is 0 Å². The van der Waals surface area contributed by atoms with Crippen LogP contribution in [0.1, 0.15) is 51.6 Å². The minimum atomic E-state index is -0.185. The Labute approximate surface area is 130 Å². The molecule has 3 nitrogen and oxygen atoms in total. The highest BCUT2D eigenvalue weighted by molar-refractivity contribution is 9.10. The van der Waals surface area contributed by atoms with Gasteiger partial charge in [0.05, 0.1) is 6.04 Å². The first kappa shape index (κ1) is 17.2. The van der Waals surface area contributed by atoms with Crippen molar-refractivity contribution in [2.75, 3.05) is 6.54 Å². The Bertz CT molecular complexity index is 405. The molecule has 4 heteroatoms. The number of halogens is 1. The molecule has 0 saturated carbocycles. The highest BCUT2D eigenvalue weighted by atomic mass is 79.9. The van der Waals surface area contributed by atoms with E-state index in [0.717, 1.165) is 23.9 Å². The summed E-state index contributed by atoms with van der Waals surface area (Å²) in [5.74, 6) is 0.0741. The average Bonchev–Trinajstić information content (AvgIpc) is 2.44. The zero-order valence-electron chi connectivity index (χ0n) is 12.6. The van der Waals surface area contributed by atoms with E-state index in [1.54, 1.807) is 0 Å². The van der Waals surface area contributed by atoms with Crippen molar-refractivity contribution in [1.82, 2.24) is 10.6 Å². The number of nitrogens with one attached hydrogen (secondary N) is 2. The summed E-state index contributed by atoms with van der Waals surface area (Å²) >= 11 is 3.43. The number of hydrogen-bond donors (Lipinski definition) is 2. The lowest BCUT2D eigenvalue weighted by atomic mass is 10.1. The standard InChI is InChI=1S/C16H25BrN2O/c1-4-5-6-11-18-16(20)13(3)19-12(2)14-7-9-15(17)10-8-14/h7-10,12-13,19H,4-6,11H2,1-3H3,(H,18,20)/t12-,13?/m1/s1. The van der Waals surface area contributed by atoms with Gasteiger partial charge in [0.1, 0.15) is 0 Å². The van der Waals surface area contributed by atoms with Crippen LogP contribution < -0.4 is 10.6 Å². The summed E-state index contributed by atoms with van der Waals surface area (Å²) in [5.41, 5.74) is 1.18. The van der Waals surface area contributed by atoms with Gasteiger partial charge in [0.2, 0.25) is 5.91 Å². The third-order valence-electron chi connectivity index (χ3n) is 3.34. The summed E-state index contributed by atoms with van der Waals surface area (Å²) in [5, 5.41) is 6.30. The van der Waals surface area contributed by atoms with E-state index in [0.29, 0.717) is 0 Å². The number of unbranched alkanes of at least 4 members (excludes halogenated alkanes) is 2. The molecule has 1 amide bonds. The van der Waals surface area contributed by atoms with Crippen LogP contribution in [0.3, 0.4) is 0 Å². The lowest BCUT2D eigenvalue weighted by Crippen LogP contribution is -2.43. The van der Waals surface area contributed by atoms with Gasteiger partial charge in [-0.2, -0.15) is 0 Å². The van der Waals surface area contributed by atoms with Crippen LogP contribution in [0.2, 0.25) is 0 Å². The van der Waals surface area contributed by atoms with Crippen LogP contribution in [0.4, 0.5) is 0 Å². The predicted octanol–water partition coefficient (Wildman–Crippen LogP) is 3.79. The van der Waals surface area contributed by atoms with Crippen LogP contribution in [-0.4, -0.2) is 18.5 Å². The van der Waals surface area contributed by atoms with Gasteiger partial charge in [-0.05, 0) is 38.0 Å². The van der Waals surface area contributed by atoms with E-state index in [-0.39, 0.29) is 18.0 Å². The Kier molecular flexibility index (Phi) is 7.85. The Balaban J connectivity index is 2.38. The molecule has 0 aliphatic rings. The zero-order chi connectivity index (χ0) is 15.0. The molecule has 1 unspecified atom stereocenters. The van der Waals surface area contributed by atoms with Gasteiger partial charge in [-0.15, -0.1) is 0 Å². The fraction of sp³-hybridized carbons (Fsp3) is 0.562. The van der Waals surface area contributed by atoms with Gasteiger partial charge >= 0.3 is 0 Å². The molecule has 2 atom stereocenters. The largest absolute Gasteiger partial charge is 0.355 e. The van der Waals surface area contributed by atoms with E-state index in [1.807, 2.05) is 19.1 Å². The minimum Gasteiger partial charge on any atom is -0.355 e. The molecule has 0 fully saturated rings. The second-order valence-corrected chi connectivity index (χ2v) is 6.08. The van der Waals surface area contributed by atoms with Crippen molar-refractivity contribution in [3.8, 4) is 0 Å². The molecule has 2 N–H and O–H groups in total. The van der Waals surface area contributed by atoms with Crippen molar-refractivity contribution >= 4 is 21.8 Å². The number of carbonyl (C=O) groups is 1. The number of rotatable bonds is 8. The first-order chi connectivity index (χ1) is 9.54. The number of carbonyl (C=O) groups excluding carboxylic acids is 1. The van der Waals surface area contributed by atoms with Crippen LogP contribution in [-0.2, 0) is 4.79 Å². The van der Waals surface area contributed by atoms with Gasteiger partial charge in [0, 0.05) is 17.1 Å². The maximum Gasteiger partial charge on any atom is 0.236 e. The van der Waals surface area contributed by atoms with Gasteiger partial charge < -0.3 is 5.32 Å². The van der Waals surface area contributed by atoms with Gasteiger partial charge in [-0.3, -0.25) is 10.1 Å². The molecule has 1 aromatic carbocycles. The van der Waals surface area contributed by atoms with Gasteiger partial charge in [0.25, 0.3) is 0 Å². The Morgan fingerprint density at radius 2 is 1.85 bits per heavy atom. The van der Waals surface area contributed by atoms with Crippen LogP contribution in [0.15, 0.2) is 28.7 Å². The molecule has 1 rings (SSSR count). The van der Waals surface area contributed by atoms with Gasteiger partial charge in [-0.1, -0.05) is 47.8 Å². The molecule has 0 aliphatic heterocycles. The molecule has 0 saturated heterocycles. The quantitative estimate of drug-likeness (QED) is 0.706. The van der Waals surface area contributed by atoms with Crippen LogP contribution in [0.5, 0.6) is 0 Å². The summed E-state index contributed by atoms with van der Waals surface area (Å²) in [7, 11) is 0. The van der Waals surface area contributed by atoms with Gasteiger partial charge in [-0.25, -0.2) is 0 Å². The zero-order valence-corrected chi connectivity index (χ0v) is 14.2. The molecule has 0 heterocycles. The lowest BCUT2D eigenvalue weighted by molar-refractivity contribution is -0.122. The van der Waals surface area contributed by atoms with Crippen molar-refractivity contribution in [3.05, 3.63) is 34.3 Å². The topological polar surface area (TPSA) is 41.1 Å². The monoisotopic (exact) mass is 340 g/mol. The van der Waals surface area contributed by atoms with E-state index in [2.05, 4.69) is 52.5 Å².